The molecule has 3 nitrogen and oxygen atoms in total. The van der Waals surface area contributed by atoms with E-state index in [1.54, 1.807) is 14.2 Å². The maximum atomic E-state index is 5.55. The predicted molar refractivity (Wildman–Crippen MR) is 69.2 cm³/mol. The fraction of sp³-hybridized carbons (Fsp3) is 0.500. The maximum Gasteiger partial charge on any atom is 0.134 e. The summed E-state index contributed by atoms with van der Waals surface area (Å²) >= 11 is 0. The Bertz CT molecular complexity index is 286. The van der Waals surface area contributed by atoms with Crippen molar-refractivity contribution in [3.8, 4) is 0 Å². The highest BCUT2D eigenvalue weighted by molar-refractivity contribution is 6.36. The topological polar surface area (TPSA) is 44.5 Å². The van der Waals surface area contributed by atoms with Gasteiger partial charge in [-0.2, -0.15) is 0 Å². The number of rotatable bonds is 7. The molecule has 0 aliphatic carbocycles. The molecule has 0 radical (unpaired) electrons. The summed E-state index contributed by atoms with van der Waals surface area (Å²) in [5, 5.41) is 0. The third kappa shape index (κ3) is 4.45. The minimum absolute atomic E-state index is 0.0586. The molecule has 0 bridgehead atoms. The Morgan fingerprint density at radius 3 is 2.19 bits per heavy atom. The highest BCUT2D eigenvalue weighted by atomic mass is 28.2. The first kappa shape index (κ1) is 13.4. The van der Waals surface area contributed by atoms with Crippen molar-refractivity contribution in [3.05, 3.63) is 35.4 Å². The van der Waals surface area contributed by atoms with Crippen molar-refractivity contribution in [1.82, 2.24) is 0 Å². The largest absolute Gasteiger partial charge is 0.360 e. The Labute approximate surface area is 99.8 Å². The number of methoxy groups -OCH3 is 2. The third-order valence-electron chi connectivity index (χ3n) is 2.69. The van der Waals surface area contributed by atoms with Crippen LogP contribution < -0.4 is 5.73 Å². The van der Waals surface area contributed by atoms with Gasteiger partial charge in [0.1, 0.15) is 5.91 Å². The zero-order valence-electron chi connectivity index (χ0n) is 10.1. The summed E-state index contributed by atoms with van der Waals surface area (Å²) < 4.78 is 10.4. The van der Waals surface area contributed by atoms with Crippen LogP contribution in [0.2, 0.25) is 6.04 Å². The highest BCUT2D eigenvalue weighted by Gasteiger charge is 2.05. The van der Waals surface area contributed by atoms with Gasteiger partial charge in [0.2, 0.25) is 0 Å². The van der Waals surface area contributed by atoms with E-state index in [-0.39, 0.29) is 15.4 Å². The molecule has 1 aromatic carbocycles. The van der Waals surface area contributed by atoms with Gasteiger partial charge in [-0.25, -0.2) is 0 Å². The summed E-state index contributed by atoms with van der Waals surface area (Å²) in [6.45, 7) is 0.616. The summed E-state index contributed by atoms with van der Waals surface area (Å²) in [4.78, 5) is 0. The number of hydrogen-bond acceptors (Lipinski definition) is 3. The monoisotopic (exact) mass is 239 g/mol. The van der Waals surface area contributed by atoms with Gasteiger partial charge in [-0.3, -0.25) is 0 Å². The van der Waals surface area contributed by atoms with Gasteiger partial charge < -0.3 is 15.2 Å². The standard InChI is InChI=1S/C12H21NO2Si/c1-14-12(15-2)16-8-7-10-3-5-11(9-13)6-4-10/h3-6,12H,7-9,13,16H2,1-2H3. The molecule has 0 saturated heterocycles. The van der Waals surface area contributed by atoms with Crippen LogP contribution in [0.4, 0.5) is 0 Å². The fourth-order valence-electron chi connectivity index (χ4n) is 1.65. The third-order valence-corrected chi connectivity index (χ3v) is 4.59. The average Bonchev–Trinajstić information content (AvgIpc) is 2.35. The van der Waals surface area contributed by atoms with Crippen LogP contribution in [0, 0.1) is 0 Å². The second-order valence-corrected chi connectivity index (χ2v) is 5.76. The summed E-state index contributed by atoms with van der Waals surface area (Å²) in [5.74, 6) is 0.0586. The van der Waals surface area contributed by atoms with Crippen LogP contribution in [0.5, 0.6) is 0 Å². The van der Waals surface area contributed by atoms with E-state index in [4.69, 9.17) is 15.2 Å². The minimum Gasteiger partial charge on any atom is -0.360 e. The predicted octanol–water partition coefficient (Wildman–Crippen LogP) is 0.851. The van der Waals surface area contributed by atoms with E-state index < -0.39 is 0 Å². The normalized spacial score (nSPS) is 11.8. The van der Waals surface area contributed by atoms with Crippen molar-refractivity contribution < 1.29 is 9.47 Å². The molecule has 90 valence electrons. The second kappa shape index (κ2) is 7.57. The summed E-state index contributed by atoms with van der Waals surface area (Å²) in [7, 11) is 3.11. The van der Waals surface area contributed by atoms with E-state index >= 15 is 0 Å². The Kier molecular flexibility index (Phi) is 6.33. The molecule has 0 aromatic heterocycles. The molecule has 16 heavy (non-hydrogen) atoms. The SMILES string of the molecule is COC(OC)[SiH2]CCc1ccc(CN)cc1. The van der Waals surface area contributed by atoms with E-state index in [0.29, 0.717) is 6.54 Å². The number of aryl methyl sites for hydroxylation is 1. The lowest BCUT2D eigenvalue weighted by atomic mass is 10.1. The molecular weight excluding hydrogens is 218 g/mol. The average molecular weight is 239 g/mol. The molecular formula is C12H21NO2Si. The zero-order chi connectivity index (χ0) is 11.8. The van der Waals surface area contributed by atoms with Crippen molar-refractivity contribution in [2.45, 2.75) is 24.9 Å². The van der Waals surface area contributed by atoms with Gasteiger partial charge >= 0.3 is 0 Å². The van der Waals surface area contributed by atoms with Gasteiger partial charge in [0.15, 0.2) is 0 Å². The molecule has 0 aliphatic rings. The summed E-state index contributed by atoms with van der Waals surface area (Å²) in [6.07, 6.45) is 1.11. The number of benzene rings is 1. The molecule has 4 heteroatoms. The van der Waals surface area contributed by atoms with E-state index in [1.165, 1.54) is 17.2 Å². The van der Waals surface area contributed by atoms with Gasteiger partial charge in [-0.1, -0.05) is 30.3 Å². The quantitative estimate of drug-likeness (QED) is 0.567. The molecule has 1 rings (SSSR count). The smallest absolute Gasteiger partial charge is 0.134 e. The van der Waals surface area contributed by atoms with Crippen molar-refractivity contribution in [1.29, 1.82) is 0 Å². The van der Waals surface area contributed by atoms with E-state index in [0.717, 1.165) is 6.42 Å². The van der Waals surface area contributed by atoms with Crippen molar-refractivity contribution >= 4 is 9.52 Å². The molecule has 0 saturated carbocycles. The van der Waals surface area contributed by atoms with Crippen LogP contribution in [0.1, 0.15) is 11.1 Å². The molecule has 0 unspecified atom stereocenters. The second-order valence-electron chi connectivity index (χ2n) is 3.81. The van der Waals surface area contributed by atoms with Crippen LogP contribution in [0.15, 0.2) is 24.3 Å². The highest BCUT2D eigenvalue weighted by Crippen LogP contribution is 2.07. The first-order chi connectivity index (χ1) is 7.80. The molecule has 0 amide bonds. The molecule has 0 atom stereocenters. The first-order valence-corrected chi connectivity index (χ1v) is 7.45. The number of hydrogen-bond donors (Lipinski definition) is 1. The van der Waals surface area contributed by atoms with Crippen molar-refractivity contribution in [2.24, 2.45) is 5.73 Å². The van der Waals surface area contributed by atoms with Gasteiger partial charge in [-0.05, 0) is 17.5 Å². The van der Waals surface area contributed by atoms with E-state index in [1.807, 2.05) is 0 Å². The van der Waals surface area contributed by atoms with Crippen molar-refractivity contribution in [3.63, 3.8) is 0 Å². The molecule has 1 aromatic rings. The Hall–Kier alpha value is -0.683. The Balaban J connectivity index is 2.31. The zero-order valence-corrected chi connectivity index (χ0v) is 11.5. The van der Waals surface area contributed by atoms with Crippen molar-refractivity contribution in [2.75, 3.05) is 14.2 Å². The lowest BCUT2D eigenvalue weighted by Gasteiger charge is -2.12. The van der Waals surface area contributed by atoms with Gasteiger partial charge in [0.25, 0.3) is 0 Å². The molecule has 0 spiro atoms. The lowest BCUT2D eigenvalue weighted by molar-refractivity contribution is -0.0440. The van der Waals surface area contributed by atoms with E-state index in [2.05, 4.69) is 24.3 Å². The van der Waals surface area contributed by atoms with Crippen LogP contribution >= 0.6 is 0 Å². The fourth-order valence-corrected chi connectivity index (χ4v) is 3.06. The van der Waals surface area contributed by atoms with Gasteiger partial charge in [-0.15, -0.1) is 0 Å². The Morgan fingerprint density at radius 1 is 1.12 bits per heavy atom. The van der Waals surface area contributed by atoms with Gasteiger partial charge in [0.05, 0.1) is 9.52 Å². The number of nitrogens with two attached hydrogens (primary N) is 1. The maximum absolute atomic E-state index is 5.55. The minimum atomic E-state index is -0.303. The first-order valence-electron chi connectivity index (χ1n) is 5.63. The van der Waals surface area contributed by atoms with E-state index in [9.17, 15) is 0 Å². The molecule has 0 heterocycles. The number of ether oxygens (including phenoxy) is 2. The molecule has 0 fully saturated rings. The summed E-state index contributed by atoms with van der Waals surface area (Å²) in [5.41, 5.74) is 8.11. The summed E-state index contributed by atoms with van der Waals surface area (Å²) in [6, 6.07) is 9.72. The lowest BCUT2D eigenvalue weighted by Crippen LogP contribution is -2.21. The Morgan fingerprint density at radius 2 is 1.69 bits per heavy atom. The van der Waals surface area contributed by atoms with Crippen LogP contribution in [0.25, 0.3) is 0 Å². The van der Waals surface area contributed by atoms with Crippen LogP contribution in [-0.4, -0.2) is 29.7 Å². The molecule has 0 aliphatic heterocycles. The molecule has 2 N–H and O–H groups in total. The van der Waals surface area contributed by atoms with Gasteiger partial charge in [0, 0.05) is 20.8 Å². The van der Waals surface area contributed by atoms with Crippen LogP contribution in [-0.2, 0) is 22.4 Å². The van der Waals surface area contributed by atoms with Crippen LogP contribution in [0.3, 0.4) is 0 Å².